The van der Waals surface area contributed by atoms with Crippen LogP contribution in [0.4, 0.5) is 0 Å². The Labute approximate surface area is 191 Å². The Hall–Kier alpha value is -2.05. The van der Waals surface area contributed by atoms with Gasteiger partial charge in [-0.15, -0.1) is 0 Å². The minimum atomic E-state index is -0.657. The van der Waals surface area contributed by atoms with Gasteiger partial charge in [-0.25, -0.2) is 0 Å². The summed E-state index contributed by atoms with van der Waals surface area (Å²) in [5.41, 5.74) is 1.68. The van der Waals surface area contributed by atoms with Crippen molar-refractivity contribution < 1.29 is 14.3 Å². The Balaban J connectivity index is 2.18. The van der Waals surface area contributed by atoms with Gasteiger partial charge in [0, 0.05) is 17.1 Å². The molecule has 1 atom stereocenters. The number of hydrogen-bond acceptors (Lipinski definition) is 3. The molecule has 0 aliphatic rings. The van der Waals surface area contributed by atoms with Crippen molar-refractivity contribution in [2.24, 2.45) is 0 Å². The SMILES string of the molecule is Cc1ccc(CN(C(=O)COc2ccc(Cl)cc2Br)[C@H](C)C(=O)NC(C)(C)C)cc1. The van der Waals surface area contributed by atoms with Crippen LogP contribution < -0.4 is 10.1 Å². The van der Waals surface area contributed by atoms with Crippen LogP contribution in [0.1, 0.15) is 38.8 Å². The number of nitrogens with one attached hydrogen (secondary N) is 1. The molecule has 30 heavy (non-hydrogen) atoms. The van der Waals surface area contributed by atoms with Crippen LogP contribution in [0.15, 0.2) is 46.9 Å². The van der Waals surface area contributed by atoms with E-state index in [4.69, 9.17) is 16.3 Å². The summed E-state index contributed by atoms with van der Waals surface area (Å²) >= 11 is 9.34. The number of nitrogens with zero attached hydrogens (tertiary/aromatic N) is 1. The first-order valence-corrected chi connectivity index (χ1v) is 10.9. The van der Waals surface area contributed by atoms with E-state index in [0.29, 0.717) is 21.8 Å². The smallest absolute Gasteiger partial charge is 0.261 e. The van der Waals surface area contributed by atoms with Gasteiger partial charge in [-0.1, -0.05) is 41.4 Å². The summed E-state index contributed by atoms with van der Waals surface area (Å²) in [5, 5.41) is 3.51. The number of carbonyl (C=O) groups excluding carboxylic acids is 2. The van der Waals surface area contributed by atoms with Gasteiger partial charge in [-0.3, -0.25) is 9.59 Å². The van der Waals surface area contributed by atoms with E-state index < -0.39 is 11.6 Å². The van der Waals surface area contributed by atoms with Crippen LogP contribution in [-0.4, -0.2) is 34.9 Å². The van der Waals surface area contributed by atoms with Gasteiger partial charge < -0.3 is 15.0 Å². The predicted octanol–water partition coefficient (Wildman–Crippen LogP) is 5.12. The zero-order valence-electron chi connectivity index (χ0n) is 18.0. The molecule has 0 radical (unpaired) electrons. The van der Waals surface area contributed by atoms with Crippen LogP contribution >= 0.6 is 27.5 Å². The molecule has 0 aliphatic carbocycles. The molecule has 2 aromatic rings. The first-order chi connectivity index (χ1) is 14.0. The molecule has 0 aromatic heterocycles. The molecule has 0 bridgehead atoms. The number of ether oxygens (including phenoxy) is 1. The Morgan fingerprint density at radius 1 is 1.17 bits per heavy atom. The topological polar surface area (TPSA) is 58.6 Å². The van der Waals surface area contributed by atoms with E-state index in [1.54, 1.807) is 25.1 Å². The average molecular weight is 496 g/mol. The molecule has 0 spiro atoms. The quantitative estimate of drug-likeness (QED) is 0.580. The third kappa shape index (κ3) is 7.33. The largest absolute Gasteiger partial charge is 0.483 e. The summed E-state index contributed by atoms with van der Waals surface area (Å²) in [6.45, 7) is 9.57. The Bertz CT molecular complexity index is 894. The summed E-state index contributed by atoms with van der Waals surface area (Å²) < 4.78 is 6.35. The van der Waals surface area contributed by atoms with Crippen LogP contribution in [0.2, 0.25) is 5.02 Å². The zero-order valence-corrected chi connectivity index (χ0v) is 20.3. The Morgan fingerprint density at radius 2 is 1.80 bits per heavy atom. The fraction of sp³-hybridized carbons (Fsp3) is 0.391. The van der Waals surface area contributed by atoms with Crippen molar-refractivity contribution >= 4 is 39.3 Å². The molecule has 2 aromatic carbocycles. The van der Waals surface area contributed by atoms with Crippen molar-refractivity contribution in [2.45, 2.75) is 52.7 Å². The fourth-order valence-corrected chi connectivity index (χ4v) is 3.56. The number of aryl methyl sites for hydroxylation is 1. The monoisotopic (exact) mass is 494 g/mol. The lowest BCUT2D eigenvalue weighted by Gasteiger charge is -2.31. The van der Waals surface area contributed by atoms with Crippen molar-refractivity contribution in [3.05, 3.63) is 63.1 Å². The van der Waals surface area contributed by atoms with Crippen molar-refractivity contribution in [3.63, 3.8) is 0 Å². The second kappa shape index (κ2) is 10.3. The maximum atomic E-state index is 13.1. The van der Waals surface area contributed by atoms with Crippen molar-refractivity contribution in [1.82, 2.24) is 10.2 Å². The Morgan fingerprint density at radius 3 is 2.37 bits per heavy atom. The van der Waals surface area contributed by atoms with Crippen LogP contribution in [0.25, 0.3) is 0 Å². The molecule has 0 unspecified atom stereocenters. The standard InChI is InChI=1S/C23H28BrClN2O3/c1-15-6-8-17(9-7-15)13-27(16(2)22(29)26-23(3,4)5)21(28)14-30-20-11-10-18(25)12-19(20)24/h6-12,16H,13-14H2,1-5H3,(H,26,29)/t16-/m1/s1. The van der Waals surface area contributed by atoms with Gasteiger partial charge in [0.1, 0.15) is 11.8 Å². The predicted molar refractivity (Wildman–Crippen MR) is 124 cm³/mol. The van der Waals surface area contributed by atoms with Crippen LogP contribution in [-0.2, 0) is 16.1 Å². The van der Waals surface area contributed by atoms with Crippen LogP contribution in [0.3, 0.4) is 0 Å². The van der Waals surface area contributed by atoms with Gasteiger partial charge in [-0.2, -0.15) is 0 Å². The first-order valence-electron chi connectivity index (χ1n) is 9.71. The third-order valence-corrected chi connectivity index (χ3v) is 5.24. The first kappa shape index (κ1) is 24.2. The minimum Gasteiger partial charge on any atom is -0.483 e. The molecule has 2 amide bonds. The normalized spacial score (nSPS) is 12.2. The molecule has 1 N–H and O–H groups in total. The van der Waals surface area contributed by atoms with Crippen molar-refractivity contribution in [2.75, 3.05) is 6.61 Å². The number of benzene rings is 2. The Kier molecular flexibility index (Phi) is 8.33. The lowest BCUT2D eigenvalue weighted by atomic mass is 10.1. The number of carbonyl (C=O) groups is 2. The van der Waals surface area contributed by atoms with Gasteiger partial charge in [0.15, 0.2) is 6.61 Å². The van der Waals surface area contributed by atoms with E-state index in [9.17, 15) is 9.59 Å². The molecule has 5 nitrogen and oxygen atoms in total. The lowest BCUT2D eigenvalue weighted by Crippen LogP contribution is -2.53. The summed E-state index contributed by atoms with van der Waals surface area (Å²) in [6, 6.07) is 12.3. The number of amides is 2. The van der Waals surface area contributed by atoms with E-state index in [-0.39, 0.29) is 18.4 Å². The second-order valence-electron chi connectivity index (χ2n) is 8.29. The van der Waals surface area contributed by atoms with Crippen LogP contribution in [0, 0.1) is 6.92 Å². The highest BCUT2D eigenvalue weighted by molar-refractivity contribution is 9.10. The molecule has 7 heteroatoms. The maximum Gasteiger partial charge on any atom is 0.261 e. The maximum absolute atomic E-state index is 13.1. The summed E-state index contributed by atoms with van der Waals surface area (Å²) in [4.78, 5) is 27.3. The van der Waals surface area contributed by atoms with E-state index in [0.717, 1.165) is 11.1 Å². The molecule has 2 rings (SSSR count). The molecule has 0 saturated carbocycles. The van der Waals surface area contributed by atoms with E-state index in [2.05, 4.69) is 21.2 Å². The van der Waals surface area contributed by atoms with Gasteiger partial charge >= 0.3 is 0 Å². The minimum absolute atomic E-state index is 0.195. The summed E-state index contributed by atoms with van der Waals surface area (Å²) in [5.74, 6) is 0.0134. The number of rotatable bonds is 7. The van der Waals surface area contributed by atoms with Gasteiger partial charge in [0.2, 0.25) is 5.91 Å². The van der Waals surface area contributed by atoms with Gasteiger partial charge in [-0.05, 0) is 74.3 Å². The highest BCUT2D eigenvalue weighted by atomic mass is 79.9. The molecular weight excluding hydrogens is 468 g/mol. The van der Waals surface area contributed by atoms with E-state index in [1.807, 2.05) is 52.0 Å². The van der Waals surface area contributed by atoms with Crippen molar-refractivity contribution in [3.8, 4) is 5.75 Å². The van der Waals surface area contributed by atoms with Gasteiger partial charge in [0.05, 0.1) is 4.47 Å². The lowest BCUT2D eigenvalue weighted by molar-refractivity contribution is -0.142. The molecule has 0 saturated heterocycles. The van der Waals surface area contributed by atoms with Crippen molar-refractivity contribution in [1.29, 1.82) is 0 Å². The van der Waals surface area contributed by atoms with Crippen LogP contribution in [0.5, 0.6) is 5.75 Å². The average Bonchev–Trinajstić information content (AvgIpc) is 2.64. The van der Waals surface area contributed by atoms with E-state index in [1.165, 1.54) is 4.90 Å². The highest BCUT2D eigenvalue weighted by Gasteiger charge is 2.28. The number of halogens is 2. The molecule has 162 valence electrons. The fourth-order valence-electron chi connectivity index (χ4n) is 2.76. The zero-order chi connectivity index (χ0) is 22.5. The summed E-state index contributed by atoms with van der Waals surface area (Å²) in [6.07, 6.45) is 0. The molecular formula is C23H28BrClN2O3. The highest BCUT2D eigenvalue weighted by Crippen LogP contribution is 2.28. The third-order valence-electron chi connectivity index (χ3n) is 4.38. The summed E-state index contributed by atoms with van der Waals surface area (Å²) in [7, 11) is 0. The molecule has 0 fully saturated rings. The molecule has 0 heterocycles. The van der Waals surface area contributed by atoms with E-state index >= 15 is 0 Å². The molecule has 0 aliphatic heterocycles. The second-order valence-corrected chi connectivity index (χ2v) is 9.58. The van der Waals surface area contributed by atoms with Gasteiger partial charge in [0.25, 0.3) is 5.91 Å². The number of hydrogen-bond donors (Lipinski definition) is 1.